The van der Waals surface area contributed by atoms with E-state index in [9.17, 15) is 4.79 Å². The summed E-state index contributed by atoms with van der Waals surface area (Å²) in [5, 5.41) is 8.76. The van der Waals surface area contributed by atoms with Crippen molar-refractivity contribution in [1.29, 1.82) is 5.26 Å². The van der Waals surface area contributed by atoms with Crippen LogP contribution >= 0.6 is 0 Å². The molecular weight excluding hydrogens is 238 g/mol. The van der Waals surface area contributed by atoms with Crippen molar-refractivity contribution in [1.82, 2.24) is 0 Å². The first-order chi connectivity index (χ1) is 9.24. The number of carbonyl (C=O) groups is 1. The van der Waals surface area contributed by atoms with E-state index in [2.05, 4.69) is 13.0 Å². The van der Waals surface area contributed by atoms with Crippen LogP contribution in [0.25, 0.3) is 0 Å². The second kappa shape index (κ2) is 6.38. The maximum absolute atomic E-state index is 11.9. The summed E-state index contributed by atoms with van der Waals surface area (Å²) in [6.45, 7) is 2.13. The highest BCUT2D eigenvalue weighted by atomic mass is 16.5. The van der Waals surface area contributed by atoms with Crippen LogP contribution < -0.4 is 0 Å². The summed E-state index contributed by atoms with van der Waals surface area (Å²) in [4.78, 5) is 11.9. The Morgan fingerprint density at radius 2 is 2.05 bits per heavy atom. The van der Waals surface area contributed by atoms with E-state index in [0.29, 0.717) is 5.56 Å². The lowest BCUT2D eigenvalue weighted by molar-refractivity contribution is -0.161. The molecule has 1 aromatic rings. The van der Waals surface area contributed by atoms with Crippen LogP contribution in [0.3, 0.4) is 0 Å². The third-order valence-electron chi connectivity index (χ3n) is 3.69. The maximum atomic E-state index is 11.9. The summed E-state index contributed by atoms with van der Waals surface area (Å²) < 4.78 is 5.53. The quantitative estimate of drug-likeness (QED) is 0.772. The van der Waals surface area contributed by atoms with Gasteiger partial charge in [0.05, 0.1) is 17.6 Å². The average Bonchev–Trinajstić information content (AvgIpc) is 2.46. The second-order valence-electron chi connectivity index (χ2n) is 5.08. The molecule has 1 aliphatic heterocycles. The van der Waals surface area contributed by atoms with Gasteiger partial charge in [0.2, 0.25) is 0 Å². The van der Waals surface area contributed by atoms with E-state index in [1.165, 1.54) is 0 Å². The van der Waals surface area contributed by atoms with Gasteiger partial charge in [-0.2, -0.15) is 5.26 Å². The molecule has 2 rings (SSSR count). The standard InChI is InChI=1S/C16H19NO2/c1-2-3-4-14-9-10-15(19-16(14)18)13-7-5-12(11-17)6-8-13/h5-8,14-15H,2-4,9-10H2,1H3. The van der Waals surface area contributed by atoms with Crippen molar-refractivity contribution in [2.75, 3.05) is 0 Å². The number of nitriles is 1. The van der Waals surface area contributed by atoms with Gasteiger partial charge in [0, 0.05) is 0 Å². The van der Waals surface area contributed by atoms with Gasteiger partial charge in [0.15, 0.2) is 0 Å². The van der Waals surface area contributed by atoms with Gasteiger partial charge in [-0.1, -0.05) is 31.9 Å². The van der Waals surface area contributed by atoms with E-state index in [4.69, 9.17) is 10.00 Å². The Kier molecular flexibility index (Phi) is 4.57. The van der Waals surface area contributed by atoms with Crippen LogP contribution in [0.15, 0.2) is 24.3 Å². The molecule has 1 saturated heterocycles. The third-order valence-corrected chi connectivity index (χ3v) is 3.69. The fraction of sp³-hybridized carbons (Fsp3) is 0.500. The van der Waals surface area contributed by atoms with Crippen molar-refractivity contribution in [3.8, 4) is 6.07 Å². The molecular formula is C16H19NO2. The topological polar surface area (TPSA) is 50.1 Å². The van der Waals surface area contributed by atoms with E-state index >= 15 is 0 Å². The first-order valence-corrected chi connectivity index (χ1v) is 6.95. The van der Waals surface area contributed by atoms with Gasteiger partial charge in [-0.25, -0.2) is 0 Å². The summed E-state index contributed by atoms with van der Waals surface area (Å²) in [6, 6.07) is 9.38. The maximum Gasteiger partial charge on any atom is 0.309 e. The van der Waals surface area contributed by atoms with Crippen LogP contribution in [0, 0.1) is 17.2 Å². The first kappa shape index (κ1) is 13.6. The Balaban J connectivity index is 1.97. The minimum Gasteiger partial charge on any atom is -0.457 e. The summed E-state index contributed by atoms with van der Waals surface area (Å²) in [5.41, 5.74) is 1.62. The Hall–Kier alpha value is -1.82. The predicted octanol–water partition coefficient (Wildman–Crippen LogP) is 3.74. The van der Waals surface area contributed by atoms with Crippen molar-refractivity contribution in [3.05, 3.63) is 35.4 Å². The molecule has 1 aromatic carbocycles. The van der Waals surface area contributed by atoms with Gasteiger partial charge in [-0.05, 0) is 37.0 Å². The van der Waals surface area contributed by atoms with E-state index in [-0.39, 0.29) is 18.0 Å². The lowest BCUT2D eigenvalue weighted by atomic mass is 9.90. The molecule has 0 saturated carbocycles. The largest absolute Gasteiger partial charge is 0.457 e. The van der Waals surface area contributed by atoms with Crippen molar-refractivity contribution in [2.24, 2.45) is 5.92 Å². The molecule has 0 N–H and O–H groups in total. The number of carbonyl (C=O) groups excluding carboxylic acids is 1. The van der Waals surface area contributed by atoms with E-state index < -0.39 is 0 Å². The fourth-order valence-corrected chi connectivity index (χ4v) is 2.49. The molecule has 0 amide bonds. The molecule has 2 unspecified atom stereocenters. The normalized spacial score (nSPS) is 22.6. The fourth-order valence-electron chi connectivity index (χ4n) is 2.49. The highest BCUT2D eigenvalue weighted by Crippen LogP contribution is 2.33. The highest BCUT2D eigenvalue weighted by molar-refractivity contribution is 5.73. The minimum absolute atomic E-state index is 0.0611. The molecule has 0 bridgehead atoms. The molecule has 3 nitrogen and oxygen atoms in total. The van der Waals surface area contributed by atoms with E-state index in [1.807, 2.05) is 12.1 Å². The van der Waals surface area contributed by atoms with E-state index in [1.54, 1.807) is 12.1 Å². The molecule has 19 heavy (non-hydrogen) atoms. The Morgan fingerprint density at radius 3 is 2.63 bits per heavy atom. The smallest absolute Gasteiger partial charge is 0.309 e. The summed E-state index contributed by atoms with van der Waals surface area (Å²) in [6.07, 6.45) is 4.79. The van der Waals surface area contributed by atoms with Gasteiger partial charge in [0.1, 0.15) is 6.10 Å². The Bertz CT molecular complexity index is 473. The molecule has 1 fully saturated rings. The van der Waals surface area contributed by atoms with Crippen molar-refractivity contribution in [2.45, 2.75) is 45.1 Å². The van der Waals surface area contributed by atoms with Crippen LogP contribution in [0.2, 0.25) is 0 Å². The summed E-state index contributed by atoms with van der Waals surface area (Å²) in [5.74, 6) is 0.0173. The Morgan fingerprint density at radius 1 is 1.32 bits per heavy atom. The highest BCUT2D eigenvalue weighted by Gasteiger charge is 2.30. The summed E-state index contributed by atoms with van der Waals surface area (Å²) in [7, 11) is 0. The molecule has 3 heteroatoms. The zero-order chi connectivity index (χ0) is 13.7. The van der Waals surface area contributed by atoms with Crippen molar-refractivity contribution < 1.29 is 9.53 Å². The van der Waals surface area contributed by atoms with Gasteiger partial charge < -0.3 is 4.74 Å². The molecule has 0 spiro atoms. The van der Waals surface area contributed by atoms with Gasteiger partial charge in [0.25, 0.3) is 0 Å². The summed E-state index contributed by atoms with van der Waals surface area (Å²) >= 11 is 0. The first-order valence-electron chi connectivity index (χ1n) is 6.95. The number of cyclic esters (lactones) is 1. The second-order valence-corrected chi connectivity index (χ2v) is 5.08. The number of benzene rings is 1. The number of nitrogens with zero attached hydrogens (tertiary/aromatic N) is 1. The van der Waals surface area contributed by atoms with Crippen molar-refractivity contribution in [3.63, 3.8) is 0 Å². The monoisotopic (exact) mass is 257 g/mol. The van der Waals surface area contributed by atoms with Gasteiger partial charge in [-0.3, -0.25) is 4.79 Å². The molecule has 0 aromatic heterocycles. The van der Waals surface area contributed by atoms with Gasteiger partial charge in [-0.15, -0.1) is 0 Å². The predicted molar refractivity (Wildman–Crippen MR) is 72.2 cm³/mol. The number of esters is 1. The number of unbranched alkanes of at least 4 members (excludes halogenated alkanes) is 1. The lowest BCUT2D eigenvalue weighted by Gasteiger charge is -2.28. The van der Waals surface area contributed by atoms with Gasteiger partial charge >= 0.3 is 5.97 Å². The van der Waals surface area contributed by atoms with E-state index in [0.717, 1.165) is 37.7 Å². The molecule has 100 valence electrons. The number of hydrogen-bond donors (Lipinski definition) is 0. The number of rotatable bonds is 4. The molecule has 0 aliphatic carbocycles. The zero-order valence-electron chi connectivity index (χ0n) is 11.3. The molecule has 1 aliphatic rings. The number of hydrogen-bond acceptors (Lipinski definition) is 3. The zero-order valence-corrected chi connectivity index (χ0v) is 11.3. The molecule has 1 heterocycles. The third kappa shape index (κ3) is 3.35. The molecule has 0 radical (unpaired) electrons. The van der Waals surface area contributed by atoms with Crippen LogP contribution in [0.4, 0.5) is 0 Å². The lowest BCUT2D eigenvalue weighted by Crippen LogP contribution is -2.26. The SMILES string of the molecule is CCCCC1CCC(c2ccc(C#N)cc2)OC1=O. The van der Waals surface area contributed by atoms with Crippen LogP contribution in [0.1, 0.15) is 56.3 Å². The minimum atomic E-state index is -0.141. The molecule has 2 atom stereocenters. The van der Waals surface area contributed by atoms with Crippen LogP contribution in [-0.4, -0.2) is 5.97 Å². The van der Waals surface area contributed by atoms with Crippen LogP contribution in [0.5, 0.6) is 0 Å². The van der Waals surface area contributed by atoms with Crippen LogP contribution in [-0.2, 0) is 9.53 Å². The number of ether oxygens (including phenoxy) is 1. The Labute approximate surface area is 114 Å². The average molecular weight is 257 g/mol. The van der Waals surface area contributed by atoms with Crippen molar-refractivity contribution >= 4 is 5.97 Å².